The summed E-state index contributed by atoms with van der Waals surface area (Å²) in [5.74, 6) is -1.79. The molecule has 0 aromatic heterocycles. The molecule has 23 heavy (non-hydrogen) atoms. The number of carbonyl (C=O) groups excluding carboxylic acids is 3. The third kappa shape index (κ3) is 2.97. The van der Waals surface area contributed by atoms with E-state index in [1.165, 1.54) is 14.2 Å². The van der Waals surface area contributed by atoms with Crippen LogP contribution in [0, 0.1) is 0 Å². The predicted molar refractivity (Wildman–Crippen MR) is 73.8 cm³/mol. The molecular formula is C15H15HgN2O5+. The third-order valence-electron chi connectivity index (χ3n) is 3.74. The van der Waals surface area contributed by atoms with Gasteiger partial charge in [-0.05, 0) is 0 Å². The molecule has 1 N–H and O–H groups in total. The molecule has 0 saturated heterocycles. The number of hydrogen-bond donors (Lipinski definition) is 1. The van der Waals surface area contributed by atoms with E-state index in [9.17, 15) is 14.4 Å². The summed E-state index contributed by atoms with van der Waals surface area (Å²) in [5, 5.41) is 6.66. The van der Waals surface area contributed by atoms with Crippen molar-refractivity contribution in [1.29, 1.82) is 0 Å². The van der Waals surface area contributed by atoms with E-state index in [4.69, 9.17) is 4.74 Å². The van der Waals surface area contributed by atoms with Gasteiger partial charge in [0.2, 0.25) is 0 Å². The van der Waals surface area contributed by atoms with E-state index in [1.807, 2.05) is 4.43 Å². The van der Waals surface area contributed by atoms with E-state index in [1.54, 1.807) is 30.3 Å². The fourth-order valence-corrected chi connectivity index (χ4v) is 8.05. The van der Waals surface area contributed by atoms with Gasteiger partial charge in [0.05, 0.1) is 0 Å². The molecule has 1 aliphatic rings. The Labute approximate surface area is 145 Å². The van der Waals surface area contributed by atoms with E-state index in [0.717, 1.165) is 0 Å². The van der Waals surface area contributed by atoms with Gasteiger partial charge in [0, 0.05) is 0 Å². The second-order valence-electron chi connectivity index (χ2n) is 4.88. The number of nitrogens with zero attached hydrogens (tertiary/aromatic N) is 1. The SMILES string of the molecule is COC(=O)C1=C(C(=O)OC)[C]([Hg][CH3])(C(=O)c2ccccc2)[NH+]=N1. The Hall–Kier alpha value is -1.89. The van der Waals surface area contributed by atoms with Crippen LogP contribution in [0.2, 0.25) is 4.43 Å². The van der Waals surface area contributed by atoms with Gasteiger partial charge in [0.1, 0.15) is 0 Å². The summed E-state index contributed by atoms with van der Waals surface area (Å²) in [5.41, 5.74) is 0.222. The van der Waals surface area contributed by atoms with Crippen LogP contribution in [0.15, 0.2) is 46.7 Å². The fraction of sp³-hybridized carbons (Fsp3) is 0.267. The van der Waals surface area contributed by atoms with Crippen molar-refractivity contribution >= 4 is 17.7 Å². The second-order valence-corrected chi connectivity index (χ2v) is 11.8. The van der Waals surface area contributed by atoms with Gasteiger partial charge in [0.25, 0.3) is 0 Å². The molecule has 7 nitrogen and oxygen atoms in total. The maximum atomic E-state index is 13.0. The molecule has 1 aromatic carbocycles. The first-order valence-corrected chi connectivity index (χ1v) is 15.3. The first-order chi connectivity index (χ1) is 11.0. The number of methoxy groups -OCH3 is 2. The summed E-state index contributed by atoms with van der Waals surface area (Å²) in [4.78, 5) is 37.2. The molecule has 0 radical (unpaired) electrons. The normalized spacial score (nSPS) is 19.3. The fourth-order valence-electron chi connectivity index (χ4n) is 2.50. The number of esters is 2. The number of nitrogens with one attached hydrogen (secondary N) is 1. The van der Waals surface area contributed by atoms with Crippen molar-refractivity contribution in [3.8, 4) is 0 Å². The van der Waals surface area contributed by atoms with Crippen molar-refractivity contribution < 1.29 is 53.5 Å². The van der Waals surface area contributed by atoms with Gasteiger partial charge in [-0.15, -0.1) is 0 Å². The van der Waals surface area contributed by atoms with E-state index >= 15 is 0 Å². The van der Waals surface area contributed by atoms with Crippen LogP contribution in [-0.4, -0.2) is 35.0 Å². The molecule has 0 bridgehead atoms. The molecule has 1 unspecified atom stereocenters. The number of hydrogen-bond acceptors (Lipinski definition) is 6. The Balaban J connectivity index is 2.63. The third-order valence-corrected chi connectivity index (χ3v) is 11.1. The first kappa shape index (κ1) is 17.5. The number of azo groups is 1. The Morgan fingerprint density at radius 1 is 1.09 bits per heavy atom. The number of rotatable bonds is 5. The zero-order valence-corrected chi connectivity index (χ0v) is 18.6. The standard InChI is InChI=1S/C14H12N2O5.CH3.Hg/c1-20-13(18)9-10(15-16-11(9)14(19)21-2)12(17)8-6-4-3-5-7-8;;/h3-7,15H,1-2H3;1H3;/q+1;;. The topological polar surface area (TPSA) is 96.0 Å². The van der Waals surface area contributed by atoms with Crippen LogP contribution in [0.5, 0.6) is 0 Å². The summed E-state index contributed by atoms with van der Waals surface area (Å²) in [7, 11) is 2.39. The van der Waals surface area contributed by atoms with Crippen LogP contribution in [0.3, 0.4) is 0 Å². The van der Waals surface area contributed by atoms with Gasteiger partial charge in [-0.3, -0.25) is 0 Å². The van der Waals surface area contributed by atoms with Crippen molar-refractivity contribution in [1.82, 2.24) is 0 Å². The average Bonchev–Trinajstić information content (AvgIpc) is 3.01. The zero-order chi connectivity index (χ0) is 17.0. The van der Waals surface area contributed by atoms with Crippen molar-refractivity contribution in [2.45, 2.75) is 7.48 Å². The van der Waals surface area contributed by atoms with Crippen LogP contribution in [0.25, 0.3) is 0 Å². The molecule has 2 rings (SSSR count). The predicted octanol–water partition coefficient (Wildman–Crippen LogP) is -0.157. The molecule has 0 fully saturated rings. The molecule has 1 atom stereocenters. The molecule has 1 aliphatic heterocycles. The van der Waals surface area contributed by atoms with Gasteiger partial charge < -0.3 is 0 Å². The number of ether oxygens (including phenoxy) is 2. The number of carbonyl (C=O) groups is 3. The molecule has 0 aliphatic carbocycles. The molecule has 0 amide bonds. The summed E-state index contributed by atoms with van der Waals surface area (Å²) >= 11 is -2.04. The second kappa shape index (κ2) is 7.12. The summed E-state index contributed by atoms with van der Waals surface area (Å²) in [6, 6.07) is 8.61. The summed E-state index contributed by atoms with van der Waals surface area (Å²) in [6.07, 6.45) is 0. The van der Waals surface area contributed by atoms with Crippen LogP contribution in [-0.2, 0) is 43.6 Å². The van der Waals surface area contributed by atoms with Gasteiger partial charge in [-0.1, -0.05) is 0 Å². The Morgan fingerprint density at radius 2 is 1.70 bits per heavy atom. The maximum absolute atomic E-state index is 13.0. The van der Waals surface area contributed by atoms with Gasteiger partial charge in [0.15, 0.2) is 0 Å². The van der Waals surface area contributed by atoms with E-state index in [-0.39, 0.29) is 17.1 Å². The molecule has 116 valence electrons. The average molecular weight is 504 g/mol. The molecular weight excluding hydrogens is 489 g/mol. The van der Waals surface area contributed by atoms with Crippen molar-refractivity contribution in [3.05, 3.63) is 47.2 Å². The first-order valence-electron chi connectivity index (χ1n) is 7.01. The number of benzene rings is 1. The minimum absolute atomic E-state index is 0.0372. The summed E-state index contributed by atoms with van der Waals surface area (Å²) < 4.78 is 10.1. The van der Waals surface area contributed by atoms with Gasteiger partial charge >= 0.3 is 145 Å². The van der Waals surface area contributed by atoms with Crippen molar-refractivity contribution in [2.24, 2.45) is 5.11 Å². The molecule has 8 heteroatoms. The van der Waals surface area contributed by atoms with E-state index in [0.29, 0.717) is 5.56 Å². The number of Topliss-reactive ketones (excluding diaryl/α,β-unsaturated/α-hetero) is 1. The van der Waals surface area contributed by atoms with E-state index in [2.05, 4.69) is 15.0 Å². The van der Waals surface area contributed by atoms with Crippen LogP contribution in [0.1, 0.15) is 10.4 Å². The van der Waals surface area contributed by atoms with Crippen LogP contribution >= 0.6 is 0 Å². The number of ketones is 1. The van der Waals surface area contributed by atoms with Crippen molar-refractivity contribution in [3.63, 3.8) is 0 Å². The quantitative estimate of drug-likeness (QED) is 0.342. The van der Waals surface area contributed by atoms with Gasteiger partial charge in [-0.25, -0.2) is 0 Å². The molecule has 1 heterocycles. The van der Waals surface area contributed by atoms with E-state index < -0.39 is 39.6 Å². The monoisotopic (exact) mass is 505 g/mol. The molecule has 0 spiro atoms. The Morgan fingerprint density at radius 3 is 2.22 bits per heavy atom. The Kier molecular flexibility index (Phi) is 5.40. The molecule has 0 saturated carbocycles. The summed E-state index contributed by atoms with van der Waals surface area (Å²) in [6.45, 7) is 0. The van der Waals surface area contributed by atoms with Crippen molar-refractivity contribution in [2.75, 3.05) is 14.2 Å². The van der Waals surface area contributed by atoms with Crippen LogP contribution in [0.4, 0.5) is 0 Å². The van der Waals surface area contributed by atoms with Gasteiger partial charge in [-0.2, -0.15) is 0 Å². The minimum atomic E-state index is -2.04. The van der Waals surface area contributed by atoms with Crippen LogP contribution < -0.4 is 5.11 Å². The molecule has 1 aromatic rings. The Bertz CT molecular complexity index is 714. The zero-order valence-electron chi connectivity index (χ0n) is 13.1.